The Labute approximate surface area is 740 Å². The molecule has 0 bridgehead atoms. The van der Waals surface area contributed by atoms with Gasteiger partial charge in [0.2, 0.25) is 0 Å². The zero-order valence-electron chi connectivity index (χ0n) is 73.0. The molecule has 0 radical (unpaired) electrons. The lowest BCUT2D eigenvalue weighted by Crippen LogP contribution is -2.31. The van der Waals surface area contributed by atoms with Crippen molar-refractivity contribution in [1.82, 2.24) is 0 Å². The van der Waals surface area contributed by atoms with Gasteiger partial charge in [0.25, 0.3) is 0 Å². The fraction of sp³-hybridized carbons (Fsp3) is 0.510. The topological polar surface area (TPSA) is 316 Å². The van der Waals surface area contributed by atoms with Crippen molar-refractivity contribution in [3.8, 4) is 34.1 Å². The summed E-state index contributed by atoms with van der Waals surface area (Å²) in [5.41, 5.74) is 2.49. The third-order valence-corrected chi connectivity index (χ3v) is 25.4. The molecule has 0 unspecified atom stereocenters. The first kappa shape index (κ1) is 98.5. The normalized spacial score (nSPS) is 23.7. The summed E-state index contributed by atoms with van der Waals surface area (Å²) in [5.74, 6) is 1.95. The van der Waals surface area contributed by atoms with Gasteiger partial charge in [-0.3, -0.25) is 38.4 Å². The lowest BCUT2D eigenvalue weighted by Gasteiger charge is -2.36. The minimum Gasteiger partial charge on any atom is -0.465 e. The van der Waals surface area contributed by atoms with E-state index in [9.17, 15) is 57.5 Å². The van der Waals surface area contributed by atoms with Gasteiger partial charge < -0.3 is 56.8 Å². The Kier molecular flexibility index (Phi) is 42.1. The van der Waals surface area contributed by atoms with E-state index in [1.807, 2.05) is 121 Å². The van der Waals surface area contributed by atoms with Crippen LogP contribution >= 0.6 is 0 Å². The zero-order valence-corrected chi connectivity index (χ0v) is 73.0. The largest absolute Gasteiger partial charge is 0.465 e. The lowest BCUT2D eigenvalue weighted by molar-refractivity contribution is -0.155. The summed E-state index contributed by atoms with van der Waals surface area (Å²) in [6.45, 7) is 15.8. The van der Waals surface area contributed by atoms with Gasteiger partial charge >= 0.3 is 71.6 Å². The van der Waals surface area contributed by atoms with Crippen molar-refractivity contribution in [3.63, 3.8) is 0 Å². The summed E-state index contributed by atoms with van der Waals surface area (Å²) in [7, 11) is 0. The number of hydrogen-bond donors (Lipinski definition) is 0. The summed E-state index contributed by atoms with van der Waals surface area (Å²) in [6, 6.07) is 45.2. The highest BCUT2D eigenvalue weighted by molar-refractivity contribution is 5.87. The van der Waals surface area contributed by atoms with Crippen molar-refractivity contribution in [3.05, 3.63) is 196 Å². The summed E-state index contributed by atoms with van der Waals surface area (Å²) < 4.78 is 62.5. The van der Waals surface area contributed by atoms with Gasteiger partial charge in [0.1, 0.15) is 62.6 Å². The highest BCUT2D eigenvalue weighted by Gasteiger charge is 2.40. The van der Waals surface area contributed by atoms with E-state index in [1.165, 1.54) is 0 Å². The maximum atomic E-state index is 12.5. The standard InChI is InChI=1S/2C26H34O6.C25H32O6.C25H26O6/c1-18(2)24(27)30-16-17-31-25(28)21-12-8-19(9-13-21)20-10-14-22(15-11-20)26(29)32-23-6-4-3-5-7-23;1-2-24(27)30-17-6-18-31-25(28)21-13-9-19(10-14-21)20-11-15-22(16-12-20)26(29)32-23-7-4-3-5-8-23;1-2-23(26)29-16-17-30-24(27)20-12-8-18(9-13-20)19-10-14-21(15-11-19)25(28)31-22-6-4-3-5-7-22;1-2-23(26)29-16-17-30-24(27)20-8-10-21(11-9-20)25(28)31-22-14-12-19(13-15-22)18-6-4-3-5-7-18/h3-7,19-22H,1,8-17H2,2H3;2-5,7-8,19-22H,1,6,9-18H2;2-7,18-21H,1,8-17H2;2-7,12-15,20-21H,1,8-11,16-17H2. The molecule has 24 heteroatoms. The van der Waals surface area contributed by atoms with Crippen LogP contribution in [0, 0.1) is 82.9 Å². The van der Waals surface area contributed by atoms with Crippen molar-refractivity contribution in [2.45, 2.75) is 193 Å². The first-order valence-electron chi connectivity index (χ1n) is 45.2. The Morgan fingerprint density at radius 1 is 0.246 bits per heavy atom. The van der Waals surface area contributed by atoms with Gasteiger partial charge in [-0.25, -0.2) is 19.2 Å². The van der Waals surface area contributed by atoms with Gasteiger partial charge in [0.05, 0.1) is 60.6 Å². The molecule has 0 aromatic heterocycles. The summed E-state index contributed by atoms with van der Waals surface area (Å²) >= 11 is 0. The smallest absolute Gasteiger partial charge is 0.333 e. The van der Waals surface area contributed by atoms with Crippen LogP contribution in [-0.4, -0.2) is 124 Å². The average Bonchev–Trinajstić information content (AvgIpc) is 0.850. The number of ether oxygens (including phenoxy) is 12. The minimum atomic E-state index is -0.551. The minimum absolute atomic E-state index is 0.00132. The van der Waals surface area contributed by atoms with Gasteiger partial charge in [-0.2, -0.15) is 0 Å². The Bertz CT molecular complexity index is 4280. The molecular formula is C102H126O24. The number of carbonyl (C=O) groups is 12. The molecule has 24 nitrogen and oxygen atoms in total. The van der Waals surface area contributed by atoms with E-state index in [2.05, 4.69) is 26.3 Å². The predicted octanol–water partition coefficient (Wildman–Crippen LogP) is 18.5. The molecule has 5 aromatic carbocycles. The molecule has 678 valence electrons. The molecule has 0 heterocycles. The summed E-state index contributed by atoms with van der Waals surface area (Å²) in [5, 5.41) is 0. The molecule has 7 fully saturated rings. The number of para-hydroxylation sites is 3. The monoisotopic (exact) mass is 1730 g/mol. The van der Waals surface area contributed by atoms with Crippen LogP contribution in [0.2, 0.25) is 0 Å². The van der Waals surface area contributed by atoms with Crippen LogP contribution in [0.4, 0.5) is 0 Å². The van der Waals surface area contributed by atoms with Crippen LogP contribution in [0.1, 0.15) is 193 Å². The molecule has 0 N–H and O–H groups in total. The van der Waals surface area contributed by atoms with Crippen LogP contribution in [0.3, 0.4) is 0 Å². The fourth-order valence-corrected chi connectivity index (χ4v) is 18.2. The van der Waals surface area contributed by atoms with E-state index in [-0.39, 0.29) is 148 Å². The molecule has 5 aromatic rings. The molecule has 0 amide bonds. The quantitative estimate of drug-likeness (QED) is 0.0124. The maximum Gasteiger partial charge on any atom is 0.333 e. The summed E-state index contributed by atoms with van der Waals surface area (Å²) in [6.07, 6.45) is 28.9. The van der Waals surface area contributed by atoms with Gasteiger partial charge in [0, 0.05) is 30.2 Å². The molecule has 0 spiro atoms. The van der Waals surface area contributed by atoms with E-state index in [1.54, 1.807) is 31.2 Å². The third-order valence-electron chi connectivity index (χ3n) is 25.4. The lowest BCUT2D eigenvalue weighted by atomic mass is 9.69. The molecule has 0 saturated heterocycles. The second-order valence-electron chi connectivity index (χ2n) is 33.8. The van der Waals surface area contributed by atoms with Gasteiger partial charge in [-0.05, 0) is 282 Å². The molecule has 7 saturated carbocycles. The first-order chi connectivity index (χ1) is 61.1. The van der Waals surface area contributed by atoms with E-state index in [0.717, 1.165) is 183 Å². The Hall–Kier alpha value is -11.3. The number of hydrogen-bond acceptors (Lipinski definition) is 24. The average molecular weight is 1740 g/mol. The Balaban J connectivity index is 0.000000190. The number of rotatable bonds is 33. The van der Waals surface area contributed by atoms with Crippen molar-refractivity contribution in [2.75, 3.05) is 52.9 Å². The number of benzene rings is 5. The second-order valence-corrected chi connectivity index (χ2v) is 33.8. The molecule has 126 heavy (non-hydrogen) atoms. The van der Waals surface area contributed by atoms with Crippen molar-refractivity contribution in [2.24, 2.45) is 82.9 Å². The molecule has 0 atom stereocenters. The SMILES string of the molecule is C=C(C)C(=O)OCCOC(=O)C1CCC(C2CCC(C(=O)Oc3ccccc3)CC2)CC1.C=CC(=O)OCCCOC(=O)C1CCC(C2CCC(C(=O)Oc3ccccc3)CC2)CC1.C=CC(=O)OCCOC(=O)C1CCC(C(=O)Oc2ccc(-c3ccccc3)cc2)CC1.C=CC(=O)OCCOC(=O)C1CCC(C2CCC(C(=O)Oc3ccccc3)CC2)CC1. The highest BCUT2D eigenvalue weighted by atomic mass is 16.6. The van der Waals surface area contributed by atoms with E-state index in [4.69, 9.17) is 56.8 Å². The van der Waals surface area contributed by atoms with Crippen LogP contribution in [0.5, 0.6) is 23.0 Å². The summed E-state index contributed by atoms with van der Waals surface area (Å²) in [4.78, 5) is 143. The zero-order chi connectivity index (χ0) is 89.8. The van der Waals surface area contributed by atoms with Gasteiger partial charge in [-0.15, -0.1) is 0 Å². The van der Waals surface area contributed by atoms with Gasteiger partial charge in [-0.1, -0.05) is 123 Å². The van der Waals surface area contributed by atoms with Crippen LogP contribution in [-0.2, 0) is 95.4 Å². The van der Waals surface area contributed by atoms with Crippen LogP contribution in [0.15, 0.2) is 196 Å². The highest BCUT2D eigenvalue weighted by Crippen LogP contribution is 2.46. The molecule has 0 aliphatic heterocycles. The van der Waals surface area contributed by atoms with Gasteiger partial charge in [0.15, 0.2) is 0 Å². The van der Waals surface area contributed by atoms with Crippen LogP contribution in [0.25, 0.3) is 11.1 Å². The Morgan fingerprint density at radius 3 is 0.706 bits per heavy atom. The number of esters is 12. The van der Waals surface area contributed by atoms with Crippen molar-refractivity contribution in [1.29, 1.82) is 0 Å². The van der Waals surface area contributed by atoms with E-state index in [0.29, 0.717) is 96.2 Å². The number of carbonyl (C=O) groups excluding carboxylic acids is 12. The first-order valence-corrected chi connectivity index (χ1v) is 45.2. The van der Waals surface area contributed by atoms with Crippen molar-refractivity contribution < 1.29 is 114 Å². The van der Waals surface area contributed by atoms with Crippen molar-refractivity contribution >= 4 is 71.6 Å². The van der Waals surface area contributed by atoms with Crippen LogP contribution < -0.4 is 18.9 Å². The second kappa shape index (κ2) is 53.9. The van der Waals surface area contributed by atoms with E-state index < -0.39 is 23.9 Å². The predicted molar refractivity (Wildman–Crippen MR) is 470 cm³/mol. The third kappa shape index (κ3) is 33.9. The maximum absolute atomic E-state index is 12.5. The van der Waals surface area contributed by atoms with E-state index >= 15 is 0 Å². The molecule has 7 aliphatic rings. The molecule has 12 rings (SSSR count). The molecule has 7 aliphatic carbocycles. The fourth-order valence-electron chi connectivity index (χ4n) is 18.2. The molecular weight excluding hydrogens is 1610 g/mol. The Morgan fingerprint density at radius 2 is 0.444 bits per heavy atom.